The summed E-state index contributed by atoms with van der Waals surface area (Å²) in [5, 5.41) is 3.05. The number of halogens is 1. The van der Waals surface area contributed by atoms with Crippen molar-refractivity contribution in [2.24, 2.45) is 5.73 Å². The average Bonchev–Trinajstić information content (AvgIpc) is 3.00. The van der Waals surface area contributed by atoms with Gasteiger partial charge in [0.15, 0.2) is 0 Å². The van der Waals surface area contributed by atoms with Gasteiger partial charge in [0, 0.05) is 27.4 Å². The van der Waals surface area contributed by atoms with Crippen molar-refractivity contribution in [3.63, 3.8) is 0 Å². The topological polar surface area (TPSA) is 26.0 Å². The normalized spacial score (nSPS) is 17.1. The van der Waals surface area contributed by atoms with Crippen LogP contribution in [-0.2, 0) is 5.41 Å². The highest BCUT2D eigenvalue weighted by molar-refractivity contribution is 7.13. The number of hydrogen-bond acceptors (Lipinski definition) is 2. The van der Waals surface area contributed by atoms with Crippen LogP contribution in [0.15, 0.2) is 35.7 Å². The molecule has 1 heterocycles. The molecule has 0 saturated heterocycles. The van der Waals surface area contributed by atoms with Crippen LogP contribution in [0, 0.1) is 0 Å². The van der Waals surface area contributed by atoms with E-state index < -0.39 is 0 Å². The minimum absolute atomic E-state index is 0.274. The summed E-state index contributed by atoms with van der Waals surface area (Å²) in [5.41, 5.74) is 8.64. The highest BCUT2D eigenvalue weighted by atomic mass is 35.5. The van der Waals surface area contributed by atoms with Gasteiger partial charge in [-0.25, -0.2) is 0 Å². The van der Waals surface area contributed by atoms with Crippen molar-refractivity contribution in [1.82, 2.24) is 0 Å². The fourth-order valence-corrected chi connectivity index (χ4v) is 3.54. The van der Waals surface area contributed by atoms with Crippen LogP contribution in [0.1, 0.15) is 18.4 Å². The fourth-order valence-electron chi connectivity index (χ4n) is 2.18. The quantitative estimate of drug-likeness (QED) is 0.888. The zero-order valence-corrected chi connectivity index (χ0v) is 11.0. The van der Waals surface area contributed by atoms with Gasteiger partial charge >= 0.3 is 0 Å². The number of nitrogens with two attached hydrogens (primary N) is 1. The Kier molecular flexibility index (Phi) is 2.74. The van der Waals surface area contributed by atoms with Crippen molar-refractivity contribution in [3.05, 3.63) is 46.3 Å². The molecule has 1 aromatic carbocycles. The van der Waals surface area contributed by atoms with Gasteiger partial charge in [0.25, 0.3) is 0 Å². The molecule has 1 saturated carbocycles. The maximum Gasteiger partial charge on any atom is 0.0492 e. The Morgan fingerprint density at radius 3 is 2.71 bits per heavy atom. The van der Waals surface area contributed by atoms with E-state index in [9.17, 15) is 0 Å². The van der Waals surface area contributed by atoms with E-state index in [0.717, 1.165) is 17.1 Å². The van der Waals surface area contributed by atoms with Crippen LogP contribution < -0.4 is 5.73 Å². The Morgan fingerprint density at radius 2 is 2.06 bits per heavy atom. The molecule has 1 nitrogen and oxygen atoms in total. The molecule has 2 aromatic rings. The first-order valence-electron chi connectivity index (χ1n) is 5.79. The van der Waals surface area contributed by atoms with Gasteiger partial charge in [0.2, 0.25) is 0 Å². The minimum Gasteiger partial charge on any atom is -0.330 e. The van der Waals surface area contributed by atoms with Gasteiger partial charge in [0.1, 0.15) is 0 Å². The first-order valence-corrected chi connectivity index (χ1v) is 7.05. The average molecular weight is 264 g/mol. The molecular weight excluding hydrogens is 250 g/mol. The van der Waals surface area contributed by atoms with Gasteiger partial charge in [-0.15, -0.1) is 11.3 Å². The zero-order chi connectivity index (χ0) is 11.9. The monoisotopic (exact) mass is 263 g/mol. The van der Waals surface area contributed by atoms with Gasteiger partial charge in [-0.2, -0.15) is 0 Å². The van der Waals surface area contributed by atoms with Crippen molar-refractivity contribution in [2.45, 2.75) is 18.3 Å². The molecule has 1 fully saturated rings. The second-order valence-corrected chi connectivity index (χ2v) is 5.98. The van der Waals surface area contributed by atoms with Crippen molar-refractivity contribution >= 4 is 22.9 Å². The molecule has 88 valence electrons. The van der Waals surface area contributed by atoms with Crippen molar-refractivity contribution in [3.8, 4) is 10.4 Å². The molecule has 1 aromatic heterocycles. The maximum atomic E-state index is 6.21. The van der Waals surface area contributed by atoms with E-state index in [1.165, 1.54) is 23.3 Å². The number of hydrogen-bond donors (Lipinski definition) is 1. The molecule has 0 radical (unpaired) electrons. The molecule has 0 unspecified atom stereocenters. The van der Waals surface area contributed by atoms with E-state index in [4.69, 9.17) is 17.3 Å². The van der Waals surface area contributed by atoms with Gasteiger partial charge in [-0.3, -0.25) is 0 Å². The summed E-state index contributed by atoms with van der Waals surface area (Å²) in [6.45, 7) is 0.756. The minimum atomic E-state index is 0.274. The van der Waals surface area contributed by atoms with Crippen LogP contribution in [-0.4, -0.2) is 6.54 Å². The highest BCUT2D eigenvalue weighted by Crippen LogP contribution is 2.49. The lowest BCUT2D eigenvalue weighted by Gasteiger charge is -2.08. The zero-order valence-electron chi connectivity index (χ0n) is 9.45. The van der Waals surface area contributed by atoms with Crippen LogP contribution in [0.2, 0.25) is 5.02 Å². The molecular formula is C14H14ClNS. The lowest BCUT2D eigenvalue weighted by atomic mass is 9.98. The SMILES string of the molecule is NCC1(c2csc(-c3ccccc3Cl)c2)CC1. The third-order valence-corrected chi connectivity index (χ3v) is 4.89. The van der Waals surface area contributed by atoms with Crippen LogP contribution >= 0.6 is 22.9 Å². The molecule has 3 rings (SSSR count). The summed E-state index contributed by atoms with van der Waals surface area (Å²) < 4.78 is 0. The summed E-state index contributed by atoms with van der Waals surface area (Å²) in [6.07, 6.45) is 2.45. The third kappa shape index (κ3) is 1.90. The molecule has 0 amide bonds. The molecule has 2 N–H and O–H groups in total. The molecule has 3 heteroatoms. The number of rotatable bonds is 3. The van der Waals surface area contributed by atoms with E-state index >= 15 is 0 Å². The van der Waals surface area contributed by atoms with E-state index in [-0.39, 0.29) is 5.41 Å². The lowest BCUT2D eigenvalue weighted by Crippen LogP contribution is -2.18. The predicted octanol–water partition coefficient (Wildman–Crippen LogP) is 4.06. The number of benzene rings is 1. The van der Waals surface area contributed by atoms with Gasteiger partial charge < -0.3 is 5.73 Å². The van der Waals surface area contributed by atoms with E-state index in [1.54, 1.807) is 11.3 Å². The third-order valence-electron chi connectivity index (χ3n) is 3.60. The number of thiophene rings is 1. The molecule has 0 spiro atoms. The second-order valence-electron chi connectivity index (χ2n) is 4.66. The molecule has 0 atom stereocenters. The Balaban J connectivity index is 1.99. The fraction of sp³-hybridized carbons (Fsp3) is 0.286. The first-order chi connectivity index (χ1) is 8.25. The van der Waals surface area contributed by atoms with E-state index in [1.807, 2.05) is 18.2 Å². The van der Waals surface area contributed by atoms with Crippen LogP contribution in [0.3, 0.4) is 0 Å². The first kappa shape index (κ1) is 11.3. The van der Waals surface area contributed by atoms with Gasteiger partial charge in [-0.05, 0) is 35.9 Å². The molecule has 1 aliphatic rings. The van der Waals surface area contributed by atoms with Gasteiger partial charge in [-0.1, -0.05) is 29.8 Å². The second kappa shape index (κ2) is 4.13. The van der Waals surface area contributed by atoms with Crippen LogP contribution in [0.4, 0.5) is 0 Å². The summed E-state index contributed by atoms with van der Waals surface area (Å²) in [5.74, 6) is 0. The summed E-state index contributed by atoms with van der Waals surface area (Å²) in [7, 11) is 0. The van der Waals surface area contributed by atoms with Gasteiger partial charge in [0.05, 0.1) is 0 Å². The predicted molar refractivity (Wildman–Crippen MR) is 74.7 cm³/mol. The largest absolute Gasteiger partial charge is 0.330 e. The van der Waals surface area contributed by atoms with Crippen LogP contribution in [0.25, 0.3) is 10.4 Å². The Morgan fingerprint density at radius 1 is 1.29 bits per heavy atom. The smallest absolute Gasteiger partial charge is 0.0492 e. The van der Waals surface area contributed by atoms with E-state index in [2.05, 4.69) is 17.5 Å². The molecule has 0 bridgehead atoms. The Hall–Kier alpha value is -0.830. The standard InChI is InChI=1S/C14H14ClNS/c15-12-4-2-1-3-11(12)13-7-10(8-17-13)14(9-16)5-6-14/h1-4,7-8H,5-6,9,16H2. The summed E-state index contributed by atoms with van der Waals surface area (Å²) in [4.78, 5) is 1.24. The van der Waals surface area contributed by atoms with Crippen molar-refractivity contribution in [1.29, 1.82) is 0 Å². The molecule has 1 aliphatic carbocycles. The Labute approximate surface area is 110 Å². The van der Waals surface area contributed by atoms with Crippen molar-refractivity contribution < 1.29 is 0 Å². The Bertz CT molecular complexity index is 543. The highest BCUT2D eigenvalue weighted by Gasteiger charge is 2.43. The van der Waals surface area contributed by atoms with E-state index in [0.29, 0.717) is 0 Å². The lowest BCUT2D eigenvalue weighted by molar-refractivity contribution is 0.708. The summed E-state index contributed by atoms with van der Waals surface area (Å²) in [6, 6.07) is 10.2. The van der Waals surface area contributed by atoms with Crippen molar-refractivity contribution in [2.75, 3.05) is 6.54 Å². The maximum absolute atomic E-state index is 6.21. The summed E-state index contributed by atoms with van der Waals surface area (Å²) >= 11 is 7.97. The van der Waals surface area contributed by atoms with Crippen LogP contribution in [0.5, 0.6) is 0 Å². The molecule has 0 aliphatic heterocycles. The molecule has 17 heavy (non-hydrogen) atoms.